The molecule has 0 unspecified atom stereocenters. The molecule has 1 aliphatic heterocycles. The number of pyridine rings is 1. The zero-order valence-electron chi connectivity index (χ0n) is 19.6. The third-order valence-electron chi connectivity index (χ3n) is 6.73. The van der Waals surface area contributed by atoms with Crippen LogP contribution >= 0.6 is 0 Å². The molecule has 2 aromatic carbocycles. The van der Waals surface area contributed by atoms with Crippen molar-refractivity contribution in [2.45, 2.75) is 26.8 Å². The Bertz CT molecular complexity index is 1510. The number of aromatic nitrogens is 2. The Hall–Kier alpha value is -3.56. The van der Waals surface area contributed by atoms with Crippen LogP contribution in [-0.2, 0) is 0 Å². The lowest BCUT2D eigenvalue weighted by molar-refractivity contribution is 0.313. The molecule has 4 aromatic rings. The first kappa shape index (κ1) is 21.3. The predicted molar refractivity (Wildman–Crippen MR) is 137 cm³/mol. The highest BCUT2D eigenvalue weighted by Gasteiger charge is 2.22. The van der Waals surface area contributed by atoms with Crippen molar-refractivity contribution in [1.82, 2.24) is 14.5 Å². The summed E-state index contributed by atoms with van der Waals surface area (Å²) in [6.07, 6.45) is 4.14. The lowest BCUT2D eigenvalue weighted by Gasteiger charge is -2.35. The normalized spacial score (nSPS) is 15.5. The molecule has 0 aliphatic carbocycles. The van der Waals surface area contributed by atoms with Gasteiger partial charge in [0.05, 0.1) is 22.5 Å². The Morgan fingerprint density at radius 3 is 2.52 bits per heavy atom. The molecule has 6 heteroatoms. The van der Waals surface area contributed by atoms with E-state index in [-0.39, 0.29) is 11.5 Å². The highest BCUT2D eigenvalue weighted by Crippen LogP contribution is 2.33. The van der Waals surface area contributed by atoms with Gasteiger partial charge in [-0.05, 0) is 57.6 Å². The van der Waals surface area contributed by atoms with E-state index in [1.807, 2.05) is 25.1 Å². The van der Waals surface area contributed by atoms with Crippen molar-refractivity contribution in [3.8, 4) is 6.07 Å². The van der Waals surface area contributed by atoms with E-state index < -0.39 is 0 Å². The van der Waals surface area contributed by atoms with Crippen LogP contribution in [0.5, 0.6) is 0 Å². The van der Waals surface area contributed by atoms with Crippen molar-refractivity contribution in [2.75, 3.05) is 38.1 Å². The molecule has 1 saturated heterocycles. The van der Waals surface area contributed by atoms with Gasteiger partial charge in [-0.25, -0.2) is 0 Å². The second kappa shape index (κ2) is 8.09. The zero-order chi connectivity index (χ0) is 23.3. The number of aromatic amines is 1. The first-order valence-corrected chi connectivity index (χ1v) is 11.6. The molecule has 1 N–H and O–H groups in total. The molecular weight excluding hydrogens is 410 g/mol. The van der Waals surface area contributed by atoms with E-state index in [1.54, 1.807) is 6.07 Å². The number of nitrogens with one attached hydrogen (secondary N) is 1. The summed E-state index contributed by atoms with van der Waals surface area (Å²) in [4.78, 5) is 22.1. The predicted octanol–water partition coefficient (Wildman–Crippen LogP) is 4.87. The fraction of sp³-hybridized carbons (Fsp3) is 0.333. The number of nitriles is 1. The summed E-state index contributed by atoms with van der Waals surface area (Å²) >= 11 is 0. The van der Waals surface area contributed by atoms with E-state index in [9.17, 15) is 10.1 Å². The summed E-state index contributed by atoms with van der Waals surface area (Å²) < 4.78 is 2.23. The van der Waals surface area contributed by atoms with Crippen LogP contribution in [0.25, 0.3) is 38.9 Å². The summed E-state index contributed by atoms with van der Waals surface area (Å²) in [5, 5.41) is 11.6. The van der Waals surface area contributed by atoms with Gasteiger partial charge in [0.25, 0.3) is 0 Å². The SMILES string of the molecule is CC=Cc1cc2c(=O)c3c4ccc(C#N)cc4[nH]c3n(C(C)C)c2cc1N1CCN(C)CC1. The van der Waals surface area contributed by atoms with Crippen LogP contribution < -0.4 is 10.3 Å². The molecule has 168 valence electrons. The number of anilines is 1. The van der Waals surface area contributed by atoms with Crippen molar-refractivity contribution in [1.29, 1.82) is 5.26 Å². The van der Waals surface area contributed by atoms with Crippen LogP contribution in [0.15, 0.2) is 41.2 Å². The Kier molecular flexibility index (Phi) is 5.22. The van der Waals surface area contributed by atoms with Crippen LogP contribution in [0.1, 0.15) is 37.9 Å². The minimum absolute atomic E-state index is 0.0311. The van der Waals surface area contributed by atoms with Crippen molar-refractivity contribution in [3.63, 3.8) is 0 Å². The van der Waals surface area contributed by atoms with Crippen LogP contribution in [0, 0.1) is 11.3 Å². The van der Waals surface area contributed by atoms with Gasteiger partial charge in [-0.3, -0.25) is 4.79 Å². The number of piperazine rings is 1. The first-order chi connectivity index (χ1) is 15.9. The third-order valence-corrected chi connectivity index (χ3v) is 6.73. The monoisotopic (exact) mass is 439 g/mol. The second-order valence-electron chi connectivity index (χ2n) is 9.23. The topological polar surface area (TPSA) is 68.1 Å². The summed E-state index contributed by atoms with van der Waals surface area (Å²) in [5.41, 5.74) is 5.43. The van der Waals surface area contributed by atoms with Gasteiger partial charge in [0, 0.05) is 54.2 Å². The molecule has 5 rings (SSSR count). The Balaban J connectivity index is 1.88. The average Bonchev–Trinajstić information content (AvgIpc) is 3.18. The number of nitrogens with zero attached hydrogens (tertiary/aromatic N) is 4. The lowest BCUT2D eigenvalue weighted by atomic mass is 10.0. The fourth-order valence-corrected chi connectivity index (χ4v) is 5.06. The van der Waals surface area contributed by atoms with Crippen LogP contribution in [0.3, 0.4) is 0 Å². The average molecular weight is 440 g/mol. The van der Waals surface area contributed by atoms with E-state index in [1.165, 1.54) is 5.69 Å². The van der Waals surface area contributed by atoms with Crippen LogP contribution in [0.2, 0.25) is 0 Å². The Morgan fingerprint density at radius 1 is 1.09 bits per heavy atom. The molecule has 2 aromatic heterocycles. The van der Waals surface area contributed by atoms with Crippen LogP contribution in [0.4, 0.5) is 5.69 Å². The number of likely N-dealkylation sites (N-methyl/N-ethyl adjacent to an activating group) is 1. The second-order valence-corrected chi connectivity index (χ2v) is 9.23. The van der Waals surface area contributed by atoms with E-state index in [2.05, 4.69) is 64.5 Å². The summed E-state index contributed by atoms with van der Waals surface area (Å²) in [7, 11) is 2.16. The molecule has 3 heterocycles. The maximum atomic E-state index is 13.8. The highest BCUT2D eigenvalue weighted by atomic mass is 16.1. The molecule has 33 heavy (non-hydrogen) atoms. The molecule has 1 fully saturated rings. The van der Waals surface area contributed by atoms with E-state index in [0.29, 0.717) is 10.9 Å². The van der Waals surface area contributed by atoms with Gasteiger partial charge < -0.3 is 19.4 Å². The first-order valence-electron chi connectivity index (χ1n) is 11.6. The number of benzene rings is 2. The molecule has 0 spiro atoms. The van der Waals surface area contributed by atoms with Gasteiger partial charge >= 0.3 is 0 Å². The molecule has 0 amide bonds. The summed E-state index contributed by atoms with van der Waals surface area (Å²) in [5.74, 6) is 0. The van der Waals surface area contributed by atoms with Gasteiger partial charge in [0.2, 0.25) is 0 Å². The van der Waals surface area contributed by atoms with E-state index in [0.717, 1.165) is 59.2 Å². The molecular formula is C27H29N5O. The summed E-state index contributed by atoms with van der Waals surface area (Å²) in [6.45, 7) is 10.3. The summed E-state index contributed by atoms with van der Waals surface area (Å²) in [6, 6.07) is 12.1. The van der Waals surface area contributed by atoms with Crippen molar-refractivity contribution < 1.29 is 0 Å². The number of H-pyrrole nitrogens is 1. The number of hydrogen-bond acceptors (Lipinski definition) is 4. The molecule has 0 atom stereocenters. The van der Waals surface area contributed by atoms with Gasteiger partial charge in [0.15, 0.2) is 5.43 Å². The Morgan fingerprint density at radius 2 is 1.85 bits per heavy atom. The van der Waals surface area contributed by atoms with Gasteiger partial charge in [-0.1, -0.05) is 18.2 Å². The number of allylic oxidation sites excluding steroid dienone is 1. The fourth-order valence-electron chi connectivity index (χ4n) is 5.06. The van der Waals surface area contributed by atoms with Crippen molar-refractivity contribution >= 4 is 44.6 Å². The van der Waals surface area contributed by atoms with Crippen LogP contribution in [-0.4, -0.2) is 47.7 Å². The van der Waals surface area contributed by atoms with Gasteiger partial charge in [0.1, 0.15) is 5.65 Å². The minimum atomic E-state index is 0.0311. The number of rotatable bonds is 3. The van der Waals surface area contributed by atoms with Crippen molar-refractivity contribution in [3.05, 3.63) is 57.8 Å². The van der Waals surface area contributed by atoms with Crippen molar-refractivity contribution in [2.24, 2.45) is 0 Å². The van der Waals surface area contributed by atoms with Gasteiger partial charge in [-0.2, -0.15) is 5.26 Å². The standard InChI is InChI=1S/C27H29N5O/c1-5-6-19-14-21-24(15-23(19)31-11-9-30(4)10-12-31)32(17(2)3)27-25(26(21)33)20-8-7-18(16-28)13-22(20)29-27/h5-8,13-15,17,29H,9-12H2,1-4H3. The van der Waals surface area contributed by atoms with E-state index >= 15 is 0 Å². The molecule has 0 bridgehead atoms. The van der Waals surface area contributed by atoms with E-state index in [4.69, 9.17) is 0 Å². The Labute approximate surface area is 193 Å². The quantitative estimate of drug-likeness (QED) is 0.494. The maximum absolute atomic E-state index is 13.8. The van der Waals surface area contributed by atoms with Gasteiger partial charge in [-0.15, -0.1) is 0 Å². The maximum Gasteiger partial charge on any atom is 0.199 e. The molecule has 6 nitrogen and oxygen atoms in total. The zero-order valence-corrected chi connectivity index (χ0v) is 19.6. The molecule has 1 aliphatic rings. The smallest absolute Gasteiger partial charge is 0.199 e. The highest BCUT2D eigenvalue weighted by molar-refractivity contribution is 6.10. The minimum Gasteiger partial charge on any atom is -0.368 e. The third kappa shape index (κ3) is 3.40. The largest absolute Gasteiger partial charge is 0.368 e. The molecule has 0 saturated carbocycles. The number of fused-ring (bicyclic) bond motifs is 4. The molecule has 0 radical (unpaired) electrons. The lowest BCUT2D eigenvalue weighted by Crippen LogP contribution is -2.44. The number of hydrogen-bond donors (Lipinski definition) is 1.